The Kier molecular flexibility index (Phi) is 4.52. The van der Waals surface area contributed by atoms with Gasteiger partial charge in [0, 0.05) is 5.92 Å². The van der Waals surface area contributed by atoms with E-state index in [1.807, 2.05) is 0 Å². The zero-order valence-corrected chi connectivity index (χ0v) is 10.9. The number of hydrogen-bond donors (Lipinski definition) is 0. The van der Waals surface area contributed by atoms with Crippen molar-refractivity contribution in [2.75, 3.05) is 0 Å². The van der Waals surface area contributed by atoms with Crippen LogP contribution in [-0.2, 0) is 0 Å². The standard InChI is InChI=1S/C13H16BrF/c1-9(2)12(8-13(14)15)11-6-4-10(3)5-7-11/h4-9,12H,1-3H3/b13-8-. The van der Waals surface area contributed by atoms with Crippen LogP contribution in [0.4, 0.5) is 4.39 Å². The zero-order chi connectivity index (χ0) is 11.4. The van der Waals surface area contributed by atoms with Crippen LogP contribution in [0.2, 0.25) is 0 Å². The summed E-state index contributed by atoms with van der Waals surface area (Å²) in [5.74, 6) is 0.515. The van der Waals surface area contributed by atoms with Crippen molar-refractivity contribution in [2.24, 2.45) is 5.92 Å². The number of aryl methyl sites for hydroxylation is 1. The fourth-order valence-electron chi connectivity index (χ4n) is 1.60. The van der Waals surface area contributed by atoms with E-state index in [9.17, 15) is 4.39 Å². The quantitative estimate of drug-likeness (QED) is 0.730. The first-order valence-electron chi connectivity index (χ1n) is 5.10. The van der Waals surface area contributed by atoms with Gasteiger partial charge in [0.1, 0.15) is 0 Å². The molecule has 0 amide bonds. The highest BCUT2D eigenvalue weighted by Gasteiger charge is 2.13. The van der Waals surface area contributed by atoms with E-state index in [2.05, 4.69) is 61.0 Å². The van der Waals surface area contributed by atoms with Gasteiger partial charge in [-0.2, -0.15) is 4.39 Å². The lowest BCUT2D eigenvalue weighted by Crippen LogP contribution is -2.03. The molecule has 1 rings (SSSR count). The molecular formula is C13H16BrF. The molecule has 0 nitrogen and oxygen atoms in total. The summed E-state index contributed by atoms with van der Waals surface area (Å²) in [7, 11) is 0. The minimum absolute atomic E-state index is 0.130. The van der Waals surface area contributed by atoms with Crippen molar-refractivity contribution in [3.63, 3.8) is 0 Å². The molecule has 0 N–H and O–H groups in total. The predicted octanol–water partition coefficient (Wildman–Crippen LogP) is 4.94. The van der Waals surface area contributed by atoms with E-state index in [1.165, 1.54) is 5.56 Å². The molecule has 1 atom stereocenters. The fraction of sp³-hybridized carbons (Fsp3) is 0.385. The molecule has 82 valence electrons. The van der Waals surface area contributed by atoms with Gasteiger partial charge in [-0.15, -0.1) is 0 Å². The minimum atomic E-state index is -0.290. The molecule has 0 aromatic heterocycles. The number of benzene rings is 1. The Bertz CT molecular complexity index is 334. The molecule has 0 aliphatic carbocycles. The van der Waals surface area contributed by atoms with Crippen LogP contribution in [0, 0.1) is 12.8 Å². The SMILES string of the molecule is Cc1ccc(C(/C=C(\F)Br)C(C)C)cc1. The van der Waals surface area contributed by atoms with Crippen LogP contribution in [0.3, 0.4) is 0 Å². The summed E-state index contributed by atoms with van der Waals surface area (Å²) in [4.78, 5) is 0. The fourth-order valence-corrected chi connectivity index (χ4v) is 1.88. The smallest absolute Gasteiger partial charge is 0.162 e. The van der Waals surface area contributed by atoms with Crippen LogP contribution >= 0.6 is 15.9 Å². The topological polar surface area (TPSA) is 0 Å². The first-order chi connectivity index (χ1) is 7.00. The van der Waals surface area contributed by atoms with Gasteiger partial charge in [-0.3, -0.25) is 0 Å². The van der Waals surface area contributed by atoms with Crippen LogP contribution in [0.15, 0.2) is 35.1 Å². The summed E-state index contributed by atoms with van der Waals surface area (Å²) < 4.78 is 12.6. The second-order valence-electron chi connectivity index (χ2n) is 4.14. The molecule has 0 bridgehead atoms. The van der Waals surface area contributed by atoms with E-state index in [-0.39, 0.29) is 10.7 Å². The highest BCUT2D eigenvalue weighted by atomic mass is 79.9. The van der Waals surface area contributed by atoms with Gasteiger partial charge in [0.2, 0.25) is 0 Å². The summed E-state index contributed by atoms with van der Waals surface area (Å²) in [6.45, 7) is 6.24. The Morgan fingerprint density at radius 1 is 1.27 bits per heavy atom. The van der Waals surface area contributed by atoms with Crippen molar-refractivity contribution in [1.82, 2.24) is 0 Å². The molecule has 15 heavy (non-hydrogen) atoms. The van der Waals surface area contributed by atoms with Gasteiger partial charge in [0.05, 0.1) is 0 Å². The zero-order valence-electron chi connectivity index (χ0n) is 9.30. The lowest BCUT2D eigenvalue weighted by atomic mass is 9.88. The van der Waals surface area contributed by atoms with Gasteiger partial charge in [0.15, 0.2) is 4.74 Å². The molecule has 1 unspecified atom stereocenters. The van der Waals surface area contributed by atoms with Crippen LogP contribution in [-0.4, -0.2) is 0 Å². The number of hydrogen-bond acceptors (Lipinski definition) is 0. The predicted molar refractivity (Wildman–Crippen MR) is 66.9 cm³/mol. The molecule has 0 saturated heterocycles. The van der Waals surface area contributed by atoms with E-state index in [4.69, 9.17) is 0 Å². The van der Waals surface area contributed by atoms with E-state index >= 15 is 0 Å². The largest absolute Gasteiger partial charge is 0.199 e. The molecule has 0 fully saturated rings. The molecule has 0 heterocycles. The minimum Gasteiger partial charge on any atom is -0.199 e. The summed E-state index contributed by atoms with van der Waals surface area (Å²) in [5, 5.41) is 0. The Morgan fingerprint density at radius 3 is 2.20 bits per heavy atom. The number of allylic oxidation sites excluding steroid dienone is 1. The number of rotatable bonds is 3. The third kappa shape index (κ3) is 3.78. The Labute approximate surface area is 99.3 Å². The van der Waals surface area contributed by atoms with Crippen molar-refractivity contribution in [3.05, 3.63) is 46.2 Å². The lowest BCUT2D eigenvalue weighted by molar-refractivity contribution is 0.565. The molecule has 0 radical (unpaired) electrons. The highest BCUT2D eigenvalue weighted by Crippen LogP contribution is 2.28. The van der Waals surface area contributed by atoms with E-state index < -0.39 is 0 Å². The maximum Gasteiger partial charge on any atom is 0.162 e. The second-order valence-corrected chi connectivity index (χ2v) is 4.89. The van der Waals surface area contributed by atoms with Crippen molar-refractivity contribution >= 4 is 15.9 Å². The highest BCUT2D eigenvalue weighted by molar-refractivity contribution is 9.11. The summed E-state index contributed by atoms with van der Waals surface area (Å²) in [6.07, 6.45) is 1.62. The Balaban J connectivity index is 2.99. The van der Waals surface area contributed by atoms with Crippen LogP contribution in [0.1, 0.15) is 30.9 Å². The Morgan fingerprint density at radius 2 is 1.80 bits per heavy atom. The van der Waals surface area contributed by atoms with Gasteiger partial charge in [0.25, 0.3) is 0 Å². The molecule has 0 saturated carbocycles. The van der Waals surface area contributed by atoms with Crippen molar-refractivity contribution < 1.29 is 4.39 Å². The number of halogens is 2. The lowest BCUT2D eigenvalue weighted by Gasteiger charge is -2.17. The molecular weight excluding hydrogens is 255 g/mol. The van der Waals surface area contributed by atoms with Gasteiger partial charge in [-0.25, -0.2) is 0 Å². The maximum atomic E-state index is 12.9. The summed E-state index contributed by atoms with van der Waals surface area (Å²) in [5.41, 5.74) is 2.38. The first-order valence-corrected chi connectivity index (χ1v) is 5.89. The maximum absolute atomic E-state index is 12.9. The summed E-state index contributed by atoms with van der Waals surface area (Å²) >= 11 is 2.85. The molecule has 0 aliphatic heterocycles. The first kappa shape index (κ1) is 12.4. The van der Waals surface area contributed by atoms with Gasteiger partial charge >= 0.3 is 0 Å². The molecule has 2 heteroatoms. The molecule has 1 aromatic rings. The molecule has 0 spiro atoms. The third-order valence-corrected chi connectivity index (χ3v) is 2.75. The van der Waals surface area contributed by atoms with Crippen LogP contribution < -0.4 is 0 Å². The average molecular weight is 271 g/mol. The van der Waals surface area contributed by atoms with Crippen LogP contribution in [0.25, 0.3) is 0 Å². The monoisotopic (exact) mass is 270 g/mol. The second kappa shape index (κ2) is 5.45. The summed E-state index contributed by atoms with van der Waals surface area (Å²) in [6, 6.07) is 8.24. The molecule has 1 aromatic carbocycles. The van der Waals surface area contributed by atoms with Gasteiger partial charge in [-0.1, -0.05) is 43.7 Å². The molecule has 0 aliphatic rings. The Hall–Kier alpha value is -0.630. The van der Waals surface area contributed by atoms with Gasteiger partial charge < -0.3 is 0 Å². The third-order valence-electron chi connectivity index (χ3n) is 2.49. The van der Waals surface area contributed by atoms with Gasteiger partial charge in [-0.05, 0) is 40.4 Å². The normalized spacial score (nSPS) is 14.4. The van der Waals surface area contributed by atoms with Crippen molar-refractivity contribution in [1.29, 1.82) is 0 Å². The van der Waals surface area contributed by atoms with Crippen molar-refractivity contribution in [3.8, 4) is 0 Å². The van der Waals surface area contributed by atoms with Crippen LogP contribution in [0.5, 0.6) is 0 Å². The van der Waals surface area contributed by atoms with E-state index in [0.29, 0.717) is 5.92 Å². The van der Waals surface area contributed by atoms with Crippen molar-refractivity contribution in [2.45, 2.75) is 26.7 Å². The average Bonchev–Trinajstić information content (AvgIpc) is 2.15. The van der Waals surface area contributed by atoms with E-state index in [0.717, 1.165) is 5.56 Å². The van der Waals surface area contributed by atoms with E-state index in [1.54, 1.807) is 6.08 Å².